The van der Waals surface area contributed by atoms with E-state index in [9.17, 15) is 24.5 Å². The second-order valence-corrected chi connectivity index (χ2v) is 12.6. The van der Waals surface area contributed by atoms with Crippen LogP contribution in [0.3, 0.4) is 0 Å². The Morgan fingerprint density at radius 3 is 2.29 bits per heavy atom. The smallest absolute Gasteiger partial charge is 0.410 e. The molecule has 0 bridgehead atoms. The summed E-state index contributed by atoms with van der Waals surface area (Å²) in [6.07, 6.45) is -0.326. The SMILES string of the molecule is COC(=O)C1C(C)=NC(C)=C(C(=O)OCC(C)(C)CN2CCN(C(=O)OC(C)(C)C)CC2)C1c1cccc([N+](=O)[O-])c1. The average molecular weight is 587 g/mol. The zero-order valence-electron chi connectivity index (χ0n) is 25.8. The Morgan fingerprint density at radius 1 is 1.07 bits per heavy atom. The van der Waals surface area contributed by atoms with Crippen molar-refractivity contribution in [2.45, 2.75) is 60.0 Å². The number of aliphatic imine (C=N–C) groups is 1. The molecule has 2 unspecified atom stereocenters. The van der Waals surface area contributed by atoms with E-state index >= 15 is 0 Å². The Hall–Kier alpha value is -3.80. The second kappa shape index (κ2) is 13.0. The van der Waals surface area contributed by atoms with Crippen molar-refractivity contribution in [1.82, 2.24) is 9.80 Å². The van der Waals surface area contributed by atoms with Crippen molar-refractivity contribution in [2.24, 2.45) is 16.3 Å². The fourth-order valence-electron chi connectivity index (χ4n) is 5.33. The first-order chi connectivity index (χ1) is 19.5. The molecule has 2 aliphatic rings. The summed E-state index contributed by atoms with van der Waals surface area (Å²) in [4.78, 5) is 58.3. The highest BCUT2D eigenvalue weighted by Gasteiger charge is 2.43. The topological polar surface area (TPSA) is 141 Å². The van der Waals surface area contributed by atoms with Gasteiger partial charge in [-0.1, -0.05) is 26.0 Å². The number of hydrogen-bond donors (Lipinski definition) is 0. The first-order valence-corrected chi connectivity index (χ1v) is 14.0. The maximum absolute atomic E-state index is 13.6. The quantitative estimate of drug-likeness (QED) is 0.188. The Kier molecular flexibility index (Phi) is 10.1. The molecule has 42 heavy (non-hydrogen) atoms. The van der Waals surface area contributed by atoms with E-state index in [1.54, 1.807) is 24.8 Å². The lowest BCUT2D eigenvalue weighted by Crippen LogP contribution is -2.52. The summed E-state index contributed by atoms with van der Waals surface area (Å²) in [5.74, 6) is -3.06. The number of nitro groups is 1. The molecule has 2 atom stereocenters. The van der Waals surface area contributed by atoms with Gasteiger partial charge >= 0.3 is 18.0 Å². The van der Waals surface area contributed by atoms with E-state index in [0.717, 1.165) is 0 Å². The molecule has 3 rings (SSSR count). The van der Waals surface area contributed by atoms with Crippen LogP contribution in [0.25, 0.3) is 0 Å². The molecule has 12 heteroatoms. The largest absolute Gasteiger partial charge is 0.468 e. The number of rotatable bonds is 8. The molecule has 0 N–H and O–H groups in total. The van der Waals surface area contributed by atoms with Gasteiger partial charge in [-0.2, -0.15) is 0 Å². The Morgan fingerprint density at radius 2 is 1.71 bits per heavy atom. The number of esters is 2. The molecule has 0 saturated carbocycles. The molecule has 1 amide bonds. The molecule has 1 aromatic rings. The second-order valence-electron chi connectivity index (χ2n) is 12.6. The summed E-state index contributed by atoms with van der Waals surface area (Å²) in [5.41, 5.74) is 0.259. The van der Waals surface area contributed by atoms with E-state index in [2.05, 4.69) is 9.89 Å². The fraction of sp³-hybridized carbons (Fsp3) is 0.600. The fourth-order valence-corrected chi connectivity index (χ4v) is 5.33. The van der Waals surface area contributed by atoms with E-state index in [4.69, 9.17) is 14.2 Å². The van der Waals surface area contributed by atoms with Crippen molar-refractivity contribution in [3.8, 4) is 0 Å². The third kappa shape index (κ3) is 8.15. The van der Waals surface area contributed by atoms with Crippen molar-refractivity contribution in [3.63, 3.8) is 0 Å². The summed E-state index contributed by atoms with van der Waals surface area (Å²) in [5, 5.41) is 11.5. The molecule has 1 saturated heterocycles. The van der Waals surface area contributed by atoms with Gasteiger partial charge in [0, 0.05) is 67.6 Å². The molecule has 230 valence electrons. The van der Waals surface area contributed by atoms with Crippen LogP contribution in [0.1, 0.15) is 59.9 Å². The predicted molar refractivity (Wildman–Crippen MR) is 156 cm³/mol. The number of methoxy groups -OCH3 is 1. The van der Waals surface area contributed by atoms with Crippen molar-refractivity contribution in [3.05, 3.63) is 51.2 Å². The zero-order valence-corrected chi connectivity index (χ0v) is 25.8. The molecule has 2 heterocycles. The number of carbonyl (C=O) groups is 3. The third-order valence-corrected chi connectivity index (χ3v) is 7.21. The van der Waals surface area contributed by atoms with Gasteiger partial charge in [0.1, 0.15) is 11.5 Å². The normalized spacial score (nSPS) is 20.1. The number of non-ortho nitro benzene ring substituents is 1. The van der Waals surface area contributed by atoms with Crippen LogP contribution >= 0.6 is 0 Å². The van der Waals surface area contributed by atoms with Crippen LogP contribution in [-0.4, -0.2) is 90.5 Å². The molecule has 1 aromatic carbocycles. The zero-order chi connectivity index (χ0) is 31.4. The molecule has 1 fully saturated rings. The van der Waals surface area contributed by atoms with E-state index < -0.39 is 39.7 Å². The van der Waals surface area contributed by atoms with Gasteiger partial charge < -0.3 is 19.1 Å². The lowest BCUT2D eigenvalue weighted by atomic mass is 9.75. The predicted octanol–water partition coefficient (Wildman–Crippen LogP) is 4.34. The Labute approximate surface area is 246 Å². The number of amides is 1. The van der Waals surface area contributed by atoms with E-state index in [0.29, 0.717) is 49.7 Å². The van der Waals surface area contributed by atoms with Gasteiger partial charge in [0.05, 0.1) is 24.2 Å². The molecular formula is C30H42N4O8. The lowest BCUT2D eigenvalue weighted by Gasteiger charge is -2.39. The van der Waals surface area contributed by atoms with Crippen LogP contribution in [0.5, 0.6) is 0 Å². The molecule has 0 spiro atoms. The number of nitro benzene ring substituents is 1. The van der Waals surface area contributed by atoms with Crippen molar-refractivity contribution >= 4 is 29.4 Å². The maximum atomic E-state index is 13.6. The molecule has 0 aliphatic carbocycles. The number of allylic oxidation sites excluding steroid dienone is 1. The van der Waals surface area contributed by atoms with Crippen molar-refractivity contribution in [1.29, 1.82) is 0 Å². The number of benzene rings is 1. The number of piperazine rings is 1. The molecule has 0 aromatic heterocycles. The molecule has 12 nitrogen and oxygen atoms in total. The van der Waals surface area contributed by atoms with Crippen LogP contribution in [0.4, 0.5) is 10.5 Å². The summed E-state index contributed by atoms with van der Waals surface area (Å²) >= 11 is 0. The number of hydrogen-bond acceptors (Lipinski definition) is 10. The van der Waals surface area contributed by atoms with E-state index in [1.807, 2.05) is 34.6 Å². The maximum Gasteiger partial charge on any atom is 0.410 e. The van der Waals surface area contributed by atoms with Gasteiger partial charge in [0.15, 0.2) is 0 Å². The molecular weight excluding hydrogens is 544 g/mol. The minimum Gasteiger partial charge on any atom is -0.468 e. The van der Waals surface area contributed by atoms with E-state index in [-0.39, 0.29) is 24.0 Å². The summed E-state index contributed by atoms with van der Waals surface area (Å²) in [6, 6.07) is 5.88. The minimum absolute atomic E-state index is 0.0855. The highest BCUT2D eigenvalue weighted by molar-refractivity contribution is 6.07. The van der Waals surface area contributed by atoms with Gasteiger partial charge in [-0.3, -0.25) is 24.8 Å². The van der Waals surface area contributed by atoms with Crippen LogP contribution in [0, 0.1) is 21.4 Å². The molecule has 0 radical (unpaired) electrons. The summed E-state index contributed by atoms with van der Waals surface area (Å²) < 4.78 is 16.3. The molecule has 2 aliphatic heterocycles. The first kappa shape index (κ1) is 32.7. The Balaban J connectivity index is 1.74. The monoisotopic (exact) mass is 586 g/mol. The number of carbonyl (C=O) groups excluding carboxylic acids is 3. The highest BCUT2D eigenvalue weighted by atomic mass is 16.6. The van der Waals surface area contributed by atoms with Crippen LogP contribution in [0.15, 0.2) is 40.5 Å². The van der Waals surface area contributed by atoms with Gasteiger partial charge in [-0.05, 0) is 40.2 Å². The summed E-state index contributed by atoms with van der Waals surface area (Å²) in [6.45, 7) is 15.9. The van der Waals surface area contributed by atoms with Gasteiger partial charge in [-0.15, -0.1) is 0 Å². The average Bonchev–Trinajstić information content (AvgIpc) is 2.90. The van der Waals surface area contributed by atoms with Crippen molar-refractivity contribution < 1.29 is 33.5 Å². The van der Waals surface area contributed by atoms with Gasteiger partial charge in [0.25, 0.3) is 5.69 Å². The number of nitrogens with zero attached hydrogens (tertiary/aromatic N) is 4. The third-order valence-electron chi connectivity index (χ3n) is 7.21. The summed E-state index contributed by atoms with van der Waals surface area (Å²) in [7, 11) is 1.25. The van der Waals surface area contributed by atoms with Gasteiger partial charge in [-0.25, -0.2) is 9.59 Å². The minimum atomic E-state index is -0.947. The van der Waals surface area contributed by atoms with E-state index in [1.165, 1.54) is 25.3 Å². The van der Waals surface area contributed by atoms with Crippen LogP contribution in [-0.2, 0) is 23.8 Å². The highest BCUT2D eigenvalue weighted by Crippen LogP contribution is 2.41. The Bertz CT molecular complexity index is 1270. The lowest BCUT2D eigenvalue weighted by molar-refractivity contribution is -0.384. The number of ether oxygens (including phenoxy) is 3. The van der Waals surface area contributed by atoms with Crippen molar-refractivity contribution in [2.75, 3.05) is 46.4 Å². The van der Waals surface area contributed by atoms with Crippen LogP contribution < -0.4 is 0 Å². The van der Waals surface area contributed by atoms with Crippen LogP contribution in [0.2, 0.25) is 0 Å². The standard InChI is InChI=1S/C30H42N4O8/c1-19-23(26(35)40-8)25(21-10-9-11-22(16-21)34(38)39)24(20(2)31-19)27(36)41-18-30(6,7)17-32-12-14-33(15-13-32)28(37)42-29(3,4)5/h9-11,16,23,25H,12-15,17-18H2,1-8H3. The van der Waals surface area contributed by atoms with Gasteiger partial charge in [0.2, 0.25) is 0 Å². The first-order valence-electron chi connectivity index (χ1n) is 14.0.